The Morgan fingerprint density at radius 1 is 1.25 bits per heavy atom. The van der Waals surface area contributed by atoms with Crippen molar-refractivity contribution >= 4 is 11.6 Å². The number of aromatic nitrogens is 2. The summed E-state index contributed by atoms with van der Waals surface area (Å²) in [6.45, 7) is 1.59. The summed E-state index contributed by atoms with van der Waals surface area (Å²) >= 11 is 6.09. The molecule has 1 N–H and O–H groups in total. The molecule has 0 atom stereocenters. The monoisotopic (exact) mass is 304 g/mol. The van der Waals surface area contributed by atoms with Crippen LogP contribution in [0.5, 0.6) is 0 Å². The molecule has 0 bridgehead atoms. The summed E-state index contributed by atoms with van der Waals surface area (Å²) in [6.07, 6.45) is -3.81. The number of aliphatic hydroxyl groups is 1. The molecule has 2 aromatic rings. The van der Waals surface area contributed by atoms with Gasteiger partial charge in [-0.15, -0.1) is 0 Å². The van der Waals surface area contributed by atoms with Crippen molar-refractivity contribution in [2.24, 2.45) is 0 Å². The third-order valence-electron chi connectivity index (χ3n) is 2.94. The first-order valence-electron chi connectivity index (χ1n) is 5.93. The molecule has 3 nitrogen and oxygen atoms in total. The standard InChI is InChI=1S/C13H12ClF3N2O/c1-2-11-10(7-20)12(14)19(18-11)9-5-3-8(4-6-9)13(15,16)17/h3-6,20H,2,7H2,1H3. The Morgan fingerprint density at radius 3 is 2.25 bits per heavy atom. The summed E-state index contributed by atoms with van der Waals surface area (Å²) in [5, 5.41) is 13.7. The molecule has 1 aromatic carbocycles. The van der Waals surface area contributed by atoms with Crippen molar-refractivity contribution in [3.63, 3.8) is 0 Å². The van der Waals surface area contributed by atoms with Crippen molar-refractivity contribution < 1.29 is 18.3 Å². The highest BCUT2D eigenvalue weighted by Crippen LogP contribution is 2.30. The van der Waals surface area contributed by atoms with E-state index in [1.807, 2.05) is 6.92 Å². The third-order valence-corrected chi connectivity index (χ3v) is 3.32. The number of aryl methyl sites for hydroxylation is 1. The van der Waals surface area contributed by atoms with Crippen LogP contribution in [0, 0.1) is 0 Å². The first-order chi connectivity index (χ1) is 9.38. The molecule has 2 rings (SSSR count). The van der Waals surface area contributed by atoms with Crippen LogP contribution in [0.15, 0.2) is 24.3 Å². The van der Waals surface area contributed by atoms with Gasteiger partial charge in [-0.2, -0.15) is 18.3 Å². The molecule has 0 amide bonds. The molecule has 0 aliphatic heterocycles. The van der Waals surface area contributed by atoms with Gasteiger partial charge in [-0.05, 0) is 30.7 Å². The maximum atomic E-state index is 12.5. The molecular weight excluding hydrogens is 293 g/mol. The highest BCUT2D eigenvalue weighted by molar-refractivity contribution is 6.30. The van der Waals surface area contributed by atoms with Crippen LogP contribution in [-0.4, -0.2) is 14.9 Å². The largest absolute Gasteiger partial charge is 0.416 e. The van der Waals surface area contributed by atoms with Gasteiger partial charge in [0.05, 0.1) is 23.6 Å². The van der Waals surface area contributed by atoms with Gasteiger partial charge in [0.1, 0.15) is 5.15 Å². The minimum atomic E-state index is -4.38. The van der Waals surface area contributed by atoms with Gasteiger partial charge in [-0.1, -0.05) is 18.5 Å². The molecule has 108 valence electrons. The highest BCUT2D eigenvalue weighted by Gasteiger charge is 2.30. The zero-order valence-corrected chi connectivity index (χ0v) is 11.3. The van der Waals surface area contributed by atoms with Crippen LogP contribution in [0.25, 0.3) is 5.69 Å². The lowest BCUT2D eigenvalue weighted by molar-refractivity contribution is -0.137. The second-order valence-corrected chi connectivity index (χ2v) is 4.54. The van der Waals surface area contributed by atoms with Crippen LogP contribution < -0.4 is 0 Å². The van der Waals surface area contributed by atoms with Gasteiger partial charge in [-0.25, -0.2) is 4.68 Å². The van der Waals surface area contributed by atoms with Gasteiger partial charge < -0.3 is 5.11 Å². The Labute approximate surface area is 118 Å². The molecule has 1 aromatic heterocycles. The van der Waals surface area contributed by atoms with Gasteiger partial charge >= 0.3 is 6.18 Å². The quantitative estimate of drug-likeness (QED) is 0.941. The fourth-order valence-electron chi connectivity index (χ4n) is 1.88. The molecule has 0 spiro atoms. The van der Waals surface area contributed by atoms with Crippen molar-refractivity contribution in [3.05, 3.63) is 46.2 Å². The van der Waals surface area contributed by atoms with E-state index in [2.05, 4.69) is 5.10 Å². The average Bonchev–Trinajstić information content (AvgIpc) is 2.74. The van der Waals surface area contributed by atoms with E-state index in [0.29, 0.717) is 23.4 Å². The number of aliphatic hydroxyl groups excluding tert-OH is 1. The Hall–Kier alpha value is -1.53. The maximum absolute atomic E-state index is 12.5. The Kier molecular flexibility index (Phi) is 4.06. The molecule has 0 unspecified atom stereocenters. The SMILES string of the molecule is CCc1nn(-c2ccc(C(F)(F)F)cc2)c(Cl)c1CO. The lowest BCUT2D eigenvalue weighted by Crippen LogP contribution is -2.05. The predicted molar refractivity (Wildman–Crippen MR) is 68.9 cm³/mol. The van der Waals surface area contributed by atoms with Crippen LogP contribution >= 0.6 is 11.6 Å². The lowest BCUT2D eigenvalue weighted by atomic mass is 10.2. The number of rotatable bonds is 3. The van der Waals surface area contributed by atoms with E-state index in [4.69, 9.17) is 11.6 Å². The number of benzene rings is 1. The van der Waals surface area contributed by atoms with Crippen LogP contribution in [-0.2, 0) is 19.2 Å². The summed E-state index contributed by atoms with van der Waals surface area (Å²) in [5.74, 6) is 0. The van der Waals surface area contributed by atoms with Crippen LogP contribution in [0.1, 0.15) is 23.7 Å². The molecule has 0 aliphatic carbocycles. The zero-order valence-electron chi connectivity index (χ0n) is 10.6. The summed E-state index contributed by atoms with van der Waals surface area (Å²) in [4.78, 5) is 0. The Balaban J connectivity index is 2.44. The van der Waals surface area contributed by atoms with Crippen molar-refractivity contribution in [2.75, 3.05) is 0 Å². The molecule has 0 fully saturated rings. The fraction of sp³-hybridized carbons (Fsp3) is 0.308. The van der Waals surface area contributed by atoms with Crippen LogP contribution in [0.3, 0.4) is 0 Å². The van der Waals surface area contributed by atoms with E-state index < -0.39 is 11.7 Å². The van der Waals surface area contributed by atoms with E-state index in [1.165, 1.54) is 16.8 Å². The van der Waals surface area contributed by atoms with Gasteiger partial charge in [0.25, 0.3) is 0 Å². The lowest BCUT2D eigenvalue weighted by Gasteiger charge is -2.08. The first-order valence-corrected chi connectivity index (χ1v) is 6.31. The smallest absolute Gasteiger partial charge is 0.391 e. The van der Waals surface area contributed by atoms with Crippen molar-refractivity contribution in [1.29, 1.82) is 0 Å². The second kappa shape index (κ2) is 5.46. The van der Waals surface area contributed by atoms with Crippen LogP contribution in [0.4, 0.5) is 13.2 Å². The second-order valence-electron chi connectivity index (χ2n) is 4.18. The number of halogens is 4. The molecule has 0 aliphatic rings. The van der Waals surface area contributed by atoms with E-state index in [-0.39, 0.29) is 11.8 Å². The molecule has 0 radical (unpaired) electrons. The summed E-state index contributed by atoms with van der Waals surface area (Å²) in [7, 11) is 0. The topological polar surface area (TPSA) is 38.0 Å². The van der Waals surface area contributed by atoms with Crippen molar-refractivity contribution in [1.82, 2.24) is 9.78 Å². The van der Waals surface area contributed by atoms with Crippen molar-refractivity contribution in [2.45, 2.75) is 26.1 Å². The van der Waals surface area contributed by atoms with Gasteiger partial charge in [0.2, 0.25) is 0 Å². The molecule has 20 heavy (non-hydrogen) atoms. The minimum Gasteiger partial charge on any atom is -0.391 e. The van der Waals surface area contributed by atoms with Crippen molar-refractivity contribution in [3.8, 4) is 5.69 Å². The highest BCUT2D eigenvalue weighted by atomic mass is 35.5. The maximum Gasteiger partial charge on any atom is 0.416 e. The van der Waals surface area contributed by atoms with E-state index in [0.717, 1.165) is 12.1 Å². The number of nitrogens with zero attached hydrogens (tertiary/aromatic N) is 2. The zero-order chi connectivity index (χ0) is 14.9. The Morgan fingerprint density at radius 2 is 1.85 bits per heavy atom. The van der Waals surface area contributed by atoms with Crippen LogP contribution in [0.2, 0.25) is 5.15 Å². The first kappa shape index (κ1) is 14.9. The van der Waals surface area contributed by atoms with Gasteiger partial charge in [0, 0.05) is 5.56 Å². The molecular formula is C13H12ClF3N2O. The van der Waals surface area contributed by atoms with E-state index >= 15 is 0 Å². The Bertz CT molecular complexity index is 605. The minimum absolute atomic E-state index is 0.212. The molecule has 0 saturated heterocycles. The fourth-order valence-corrected chi connectivity index (χ4v) is 2.18. The molecule has 0 saturated carbocycles. The normalized spacial score (nSPS) is 11.9. The average molecular weight is 305 g/mol. The third kappa shape index (κ3) is 2.66. The number of alkyl halides is 3. The molecule has 1 heterocycles. The summed E-state index contributed by atoms with van der Waals surface area (Å²) < 4.78 is 38.8. The summed E-state index contributed by atoms with van der Waals surface area (Å²) in [6, 6.07) is 4.53. The van der Waals surface area contributed by atoms with E-state index in [9.17, 15) is 18.3 Å². The number of hydrogen-bond acceptors (Lipinski definition) is 2. The molecule has 7 heteroatoms. The number of hydrogen-bond donors (Lipinski definition) is 1. The van der Waals surface area contributed by atoms with Gasteiger partial charge in [-0.3, -0.25) is 0 Å². The predicted octanol–water partition coefficient (Wildman–Crippen LogP) is 3.60. The summed E-state index contributed by atoms with van der Waals surface area (Å²) in [5.41, 5.74) is 0.798. The van der Waals surface area contributed by atoms with Gasteiger partial charge in [0.15, 0.2) is 0 Å². The van der Waals surface area contributed by atoms with E-state index in [1.54, 1.807) is 0 Å².